The number of hydrogen-bond acceptors (Lipinski definition) is 3. The molecule has 0 spiro atoms. The topological polar surface area (TPSA) is 51.1 Å². The van der Waals surface area contributed by atoms with E-state index in [1.807, 2.05) is 6.92 Å². The lowest BCUT2D eigenvalue weighted by Gasteiger charge is -2.08. The monoisotopic (exact) mass is 378 g/mol. The Kier molecular flexibility index (Phi) is 4.92. The number of aromatic nitrogens is 1. The molecule has 25 heavy (non-hydrogen) atoms. The summed E-state index contributed by atoms with van der Waals surface area (Å²) in [5.41, 5.74) is 2.31. The third-order valence-electron chi connectivity index (χ3n) is 4.07. The number of nitrogens with zero attached hydrogens (tertiary/aromatic N) is 1. The zero-order valence-electron chi connectivity index (χ0n) is 13.7. The normalized spacial score (nSPS) is 11.0. The number of thiophene rings is 1. The highest BCUT2D eigenvalue weighted by Crippen LogP contribution is 2.29. The van der Waals surface area contributed by atoms with E-state index in [0.29, 0.717) is 10.6 Å². The number of halogens is 2. The average molecular weight is 379 g/mol. The molecule has 0 fully saturated rings. The molecule has 0 saturated carbocycles. The van der Waals surface area contributed by atoms with Crippen LogP contribution in [0.5, 0.6) is 0 Å². The Morgan fingerprint density at radius 2 is 2.00 bits per heavy atom. The van der Waals surface area contributed by atoms with Crippen LogP contribution in [0.15, 0.2) is 35.3 Å². The second-order valence-corrected chi connectivity index (χ2v) is 7.13. The third-order valence-corrected chi connectivity index (χ3v) is 5.78. The van der Waals surface area contributed by atoms with Gasteiger partial charge in [-0.1, -0.05) is 12.1 Å². The van der Waals surface area contributed by atoms with Crippen LogP contribution in [0.2, 0.25) is 0 Å². The molecule has 0 aliphatic carbocycles. The minimum Gasteiger partial charge on any atom is -0.349 e. The molecule has 7 heteroatoms. The van der Waals surface area contributed by atoms with Crippen LogP contribution >= 0.6 is 22.9 Å². The fourth-order valence-electron chi connectivity index (χ4n) is 2.74. The highest BCUT2D eigenvalue weighted by Gasteiger charge is 2.19. The second-order valence-electron chi connectivity index (χ2n) is 5.75. The Morgan fingerprint density at radius 3 is 2.64 bits per heavy atom. The number of carbonyl (C=O) groups is 1. The molecule has 0 unspecified atom stereocenters. The Hall–Kier alpha value is -2.18. The third kappa shape index (κ3) is 3.32. The van der Waals surface area contributed by atoms with Gasteiger partial charge in [0.1, 0.15) is 11.4 Å². The van der Waals surface area contributed by atoms with E-state index in [1.54, 1.807) is 29.9 Å². The summed E-state index contributed by atoms with van der Waals surface area (Å²) in [6.07, 6.45) is 1.54. The quantitative estimate of drug-likeness (QED) is 0.703. The van der Waals surface area contributed by atoms with Gasteiger partial charge in [-0.3, -0.25) is 9.59 Å². The highest BCUT2D eigenvalue weighted by molar-refractivity contribution is 7.19. The van der Waals surface area contributed by atoms with E-state index < -0.39 is 5.91 Å². The van der Waals surface area contributed by atoms with E-state index in [0.717, 1.165) is 21.5 Å². The van der Waals surface area contributed by atoms with Crippen molar-refractivity contribution < 1.29 is 9.18 Å². The second kappa shape index (κ2) is 6.98. The Morgan fingerprint density at radius 1 is 1.32 bits per heavy atom. The van der Waals surface area contributed by atoms with Gasteiger partial charge < -0.3 is 9.88 Å². The highest BCUT2D eigenvalue weighted by atomic mass is 35.5. The van der Waals surface area contributed by atoms with Gasteiger partial charge in [-0.25, -0.2) is 4.39 Å². The van der Waals surface area contributed by atoms with Crippen molar-refractivity contribution in [1.29, 1.82) is 0 Å². The van der Waals surface area contributed by atoms with Crippen LogP contribution in [0.3, 0.4) is 0 Å². The van der Waals surface area contributed by atoms with Crippen LogP contribution in [0.1, 0.15) is 26.4 Å². The number of aryl methyl sites for hydroxylation is 2. The number of rotatable bonds is 4. The van der Waals surface area contributed by atoms with E-state index in [-0.39, 0.29) is 23.4 Å². The number of hydrogen-bond donors (Lipinski definition) is 1. The smallest absolute Gasteiger partial charge is 0.257 e. The van der Waals surface area contributed by atoms with Gasteiger partial charge in [0.05, 0.1) is 16.1 Å². The summed E-state index contributed by atoms with van der Waals surface area (Å²) in [6.45, 7) is 2.14. The Balaban J connectivity index is 1.92. The number of benzene rings is 1. The molecule has 4 nitrogen and oxygen atoms in total. The molecular formula is C18H16ClFN2O2S. The summed E-state index contributed by atoms with van der Waals surface area (Å²) in [5.74, 6) is -0.459. The molecular weight excluding hydrogens is 363 g/mol. The minimum absolute atomic E-state index is 0.0829. The molecule has 0 aliphatic heterocycles. The van der Waals surface area contributed by atoms with Crippen molar-refractivity contribution in [3.8, 4) is 0 Å². The van der Waals surface area contributed by atoms with Crippen LogP contribution in [0.25, 0.3) is 10.2 Å². The minimum atomic E-state index is -0.453. The molecule has 3 rings (SSSR count). The summed E-state index contributed by atoms with van der Waals surface area (Å²) in [7, 11) is 1.80. The van der Waals surface area contributed by atoms with Crippen LogP contribution in [0.4, 0.5) is 4.39 Å². The van der Waals surface area contributed by atoms with Crippen LogP contribution in [-0.2, 0) is 19.5 Å². The van der Waals surface area contributed by atoms with Crippen molar-refractivity contribution in [2.75, 3.05) is 0 Å². The summed E-state index contributed by atoms with van der Waals surface area (Å²) in [5, 5.41) is 2.71. The van der Waals surface area contributed by atoms with E-state index in [9.17, 15) is 14.0 Å². The van der Waals surface area contributed by atoms with Gasteiger partial charge in [-0.2, -0.15) is 0 Å². The summed E-state index contributed by atoms with van der Waals surface area (Å²) in [4.78, 5) is 26.1. The van der Waals surface area contributed by atoms with Gasteiger partial charge in [0.2, 0.25) is 5.43 Å². The zero-order chi connectivity index (χ0) is 18.1. The standard InChI is InChI=1S/C18H16ClFN2O2S/c1-10-14(7-19)25-17-15(10)22(2)9-13(16(17)23)18(24)21-8-11-3-5-12(20)6-4-11/h3-6,9H,7-8H2,1-2H3,(H,21,24). The van der Waals surface area contributed by atoms with Crippen molar-refractivity contribution >= 4 is 39.1 Å². The molecule has 1 N–H and O–H groups in total. The molecule has 0 saturated heterocycles. The number of alkyl halides is 1. The van der Waals surface area contributed by atoms with Gasteiger partial charge in [-0.05, 0) is 30.2 Å². The van der Waals surface area contributed by atoms with E-state index in [1.165, 1.54) is 23.5 Å². The van der Waals surface area contributed by atoms with Crippen molar-refractivity contribution in [3.63, 3.8) is 0 Å². The molecule has 2 aromatic heterocycles. The van der Waals surface area contributed by atoms with Gasteiger partial charge in [-0.15, -0.1) is 22.9 Å². The van der Waals surface area contributed by atoms with Gasteiger partial charge in [0, 0.05) is 24.7 Å². The number of nitrogens with one attached hydrogen (secondary N) is 1. The molecule has 0 radical (unpaired) electrons. The lowest BCUT2D eigenvalue weighted by atomic mass is 10.1. The van der Waals surface area contributed by atoms with Gasteiger partial charge in [0.25, 0.3) is 5.91 Å². The first kappa shape index (κ1) is 17.6. The van der Waals surface area contributed by atoms with Gasteiger partial charge >= 0.3 is 0 Å². The lowest BCUT2D eigenvalue weighted by molar-refractivity contribution is 0.0949. The molecule has 0 bridgehead atoms. The molecule has 1 aromatic carbocycles. The van der Waals surface area contributed by atoms with Crippen molar-refractivity contribution in [2.24, 2.45) is 7.05 Å². The Labute approximate surface area is 152 Å². The predicted octanol–water partition coefficient (Wildman–Crippen LogP) is 3.72. The Bertz CT molecular complexity index is 1010. The van der Waals surface area contributed by atoms with Crippen molar-refractivity contribution in [3.05, 3.63) is 68.1 Å². The number of amides is 1. The summed E-state index contributed by atoms with van der Waals surface area (Å²) >= 11 is 7.26. The maximum Gasteiger partial charge on any atom is 0.257 e. The fraction of sp³-hybridized carbons (Fsp3) is 0.222. The summed E-state index contributed by atoms with van der Waals surface area (Å²) < 4.78 is 15.2. The molecule has 3 aromatic rings. The molecule has 1 amide bonds. The van der Waals surface area contributed by atoms with E-state index in [4.69, 9.17) is 11.6 Å². The largest absolute Gasteiger partial charge is 0.349 e. The van der Waals surface area contributed by atoms with Crippen molar-refractivity contribution in [2.45, 2.75) is 19.3 Å². The summed E-state index contributed by atoms with van der Waals surface area (Å²) in [6, 6.07) is 5.84. The average Bonchev–Trinajstić information content (AvgIpc) is 2.95. The predicted molar refractivity (Wildman–Crippen MR) is 98.9 cm³/mol. The SMILES string of the molecule is Cc1c(CCl)sc2c(=O)c(C(=O)NCc3ccc(F)cc3)cn(C)c12. The van der Waals surface area contributed by atoms with E-state index in [2.05, 4.69) is 5.32 Å². The van der Waals surface area contributed by atoms with Gasteiger partial charge in [0.15, 0.2) is 0 Å². The molecule has 0 aliphatic rings. The molecule has 0 atom stereocenters. The zero-order valence-corrected chi connectivity index (χ0v) is 15.3. The van der Waals surface area contributed by atoms with Crippen molar-refractivity contribution in [1.82, 2.24) is 9.88 Å². The number of carbonyl (C=O) groups excluding carboxylic acids is 1. The maximum atomic E-state index is 12.9. The molecule has 130 valence electrons. The first-order valence-corrected chi connectivity index (χ1v) is 8.97. The maximum absolute atomic E-state index is 12.9. The number of pyridine rings is 1. The van der Waals surface area contributed by atoms with Crippen LogP contribution in [-0.4, -0.2) is 10.5 Å². The molecule has 2 heterocycles. The van der Waals surface area contributed by atoms with Crippen LogP contribution in [0, 0.1) is 12.7 Å². The van der Waals surface area contributed by atoms with E-state index >= 15 is 0 Å². The lowest BCUT2D eigenvalue weighted by Crippen LogP contribution is -2.29. The fourth-order valence-corrected chi connectivity index (χ4v) is 4.25. The first-order valence-electron chi connectivity index (χ1n) is 7.62. The first-order chi connectivity index (χ1) is 11.9. The van der Waals surface area contributed by atoms with Crippen LogP contribution < -0.4 is 10.7 Å². The number of fused-ring (bicyclic) bond motifs is 1.